The number of aromatic hydroxyl groups is 4. The van der Waals surface area contributed by atoms with Crippen molar-refractivity contribution in [3.8, 4) is 28.7 Å². The Kier molecular flexibility index (Phi) is 4.34. The van der Waals surface area contributed by atoms with Gasteiger partial charge in [0, 0.05) is 18.7 Å². The van der Waals surface area contributed by atoms with Crippen molar-refractivity contribution in [1.29, 1.82) is 0 Å². The summed E-state index contributed by atoms with van der Waals surface area (Å²) in [4.78, 5) is 12.0. The molecule has 1 unspecified atom stereocenters. The molecule has 1 heterocycles. The van der Waals surface area contributed by atoms with Gasteiger partial charge in [0.1, 0.15) is 22.9 Å². The molecule has 2 aromatic carbocycles. The van der Waals surface area contributed by atoms with Crippen LogP contribution in [0.2, 0.25) is 0 Å². The molecule has 1 aliphatic heterocycles. The maximum atomic E-state index is 12.0. The standard InChI is InChI=1S/C18H17NO8/c1-19(26)14(22)8-18(25)7-13(9-2-4-10(20)5-3-9)27-12-6-11(21)16(23)17(24)15(12)18/h2-7,20-21,23-26H,8H2,1H3. The molecule has 27 heavy (non-hydrogen) atoms. The van der Waals surface area contributed by atoms with E-state index in [1.807, 2.05) is 0 Å². The minimum absolute atomic E-state index is 0.00288. The van der Waals surface area contributed by atoms with Crippen molar-refractivity contribution >= 4 is 11.7 Å². The van der Waals surface area contributed by atoms with Crippen LogP contribution in [0.4, 0.5) is 0 Å². The van der Waals surface area contributed by atoms with Crippen molar-refractivity contribution in [3.05, 3.63) is 47.5 Å². The largest absolute Gasteiger partial charge is 0.508 e. The summed E-state index contributed by atoms with van der Waals surface area (Å²) in [5, 5.41) is 59.9. The molecule has 0 aromatic heterocycles. The van der Waals surface area contributed by atoms with E-state index in [4.69, 9.17) is 4.74 Å². The zero-order valence-electron chi connectivity index (χ0n) is 14.1. The topological polar surface area (TPSA) is 151 Å². The maximum absolute atomic E-state index is 12.0. The molecule has 0 bridgehead atoms. The molecule has 0 saturated heterocycles. The van der Waals surface area contributed by atoms with Crippen molar-refractivity contribution in [3.63, 3.8) is 0 Å². The molecular weight excluding hydrogens is 358 g/mol. The highest BCUT2D eigenvalue weighted by atomic mass is 16.5. The van der Waals surface area contributed by atoms with Crippen LogP contribution in [-0.4, -0.2) is 48.8 Å². The number of hydrogen-bond donors (Lipinski definition) is 6. The second-order valence-corrected chi connectivity index (χ2v) is 6.14. The lowest BCUT2D eigenvalue weighted by atomic mass is 9.85. The molecule has 0 radical (unpaired) electrons. The Labute approximate surface area is 153 Å². The summed E-state index contributed by atoms with van der Waals surface area (Å²) in [6, 6.07) is 6.73. The fraction of sp³-hybridized carbons (Fsp3) is 0.167. The monoisotopic (exact) mass is 375 g/mol. The van der Waals surface area contributed by atoms with E-state index in [9.17, 15) is 35.5 Å². The van der Waals surface area contributed by atoms with Gasteiger partial charge in [-0.05, 0) is 30.3 Å². The Morgan fingerprint density at radius 1 is 1.11 bits per heavy atom. The highest BCUT2D eigenvalue weighted by Crippen LogP contribution is 2.52. The number of fused-ring (bicyclic) bond motifs is 1. The SMILES string of the molecule is CN(O)C(=O)CC1(O)C=C(c2ccc(O)cc2)Oc2cc(O)c(O)c(O)c21. The smallest absolute Gasteiger partial charge is 0.249 e. The highest BCUT2D eigenvalue weighted by molar-refractivity contribution is 5.80. The van der Waals surface area contributed by atoms with E-state index in [2.05, 4.69) is 0 Å². The minimum atomic E-state index is -2.16. The number of hydrogen-bond acceptors (Lipinski definition) is 8. The van der Waals surface area contributed by atoms with E-state index >= 15 is 0 Å². The first kappa shape index (κ1) is 18.4. The first-order chi connectivity index (χ1) is 12.6. The molecule has 0 aliphatic carbocycles. The lowest BCUT2D eigenvalue weighted by molar-refractivity contribution is -0.163. The third kappa shape index (κ3) is 3.21. The summed E-state index contributed by atoms with van der Waals surface area (Å²) in [6.45, 7) is 0. The molecule has 1 amide bonds. The average molecular weight is 375 g/mol. The lowest BCUT2D eigenvalue weighted by Crippen LogP contribution is -2.35. The normalized spacial score (nSPS) is 18.3. The fourth-order valence-corrected chi connectivity index (χ4v) is 2.81. The van der Waals surface area contributed by atoms with E-state index in [1.54, 1.807) is 0 Å². The number of hydroxylamine groups is 2. The van der Waals surface area contributed by atoms with Crippen LogP contribution < -0.4 is 4.74 Å². The summed E-state index contributed by atoms with van der Waals surface area (Å²) in [5.74, 6) is -3.43. The molecule has 2 aromatic rings. The second-order valence-electron chi connectivity index (χ2n) is 6.14. The molecule has 142 valence electrons. The number of carbonyl (C=O) groups excluding carboxylic acids is 1. The number of ether oxygens (including phenoxy) is 1. The number of aliphatic hydroxyl groups is 1. The number of rotatable bonds is 3. The summed E-state index contributed by atoms with van der Waals surface area (Å²) in [6.07, 6.45) is 0.453. The Hall–Kier alpha value is -3.43. The van der Waals surface area contributed by atoms with Crippen LogP contribution in [0.5, 0.6) is 28.7 Å². The third-order valence-electron chi connectivity index (χ3n) is 4.17. The first-order valence-electron chi connectivity index (χ1n) is 7.78. The molecule has 6 N–H and O–H groups in total. The third-order valence-corrected chi connectivity index (χ3v) is 4.17. The Morgan fingerprint density at radius 2 is 1.74 bits per heavy atom. The molecule has 9 nitrogen and oxygen atoms in total. The number of amides is 1. The van der Waals surface area contributed by atoms with E-state index in [-0.39, 0.29) is 27.9 Å². The predicted molar refractivity (Wildman–Crippen MR) is 91.2 cm³/mol. The van der Waals surface area contributed by atoms with Crippen molar-refractivity contribution < 1.29 is 40.3 Å². The molecule has 0 spiro atoms. The molecule has 0 saturated carbocycles. The number of nitrogens with zero attached hydrogens (tertiary/aromatic N) is 1. The van der Waals surface area contributed by atoms with Crippen LogP contribution in [0.1, 0.15) is 17.5 Å². The van der Waals surface area contributed by atoms with Crippen LogP contribution in [0.25, 0.3) is 5.76 Å². The average Bonchev–Trinajstić information content (AvgIpc) is 2.59. The quantitative estimate of drug-likeness (QED) is 0.267. The Morgan fingerprint density at radius 3 is 2.33 bits per heavy atom. The Balaban J connectivity index is 2.19. The van der Waals surface area contributed by atoms with E-state index in [1.165, 1.54) is 24.3 Å². The molecule has 0 fully saturated rings. The predicted octanol–water partition coefficient (Wildman–Crippen LogP) is 1.37. The van der Waals surface area contributed by atoms with Crippen molar-refractivity contribution in [2.24, 2.45) is 0 Å². The van der Waals surface area contributed by atoms with Crippen LogP contribution >= 0.6 is 0 Å². The van der Waals surface area contributed by atoms with Gasteiger partial charge in [0.25, 0.3) is 0 Å². The minimum Gasteiger partial charge on any atom is -0.508 e. The maximum Gasteiger partial charge on any atom is 0.249 e. The molecular formula is C18H17NO8. The second kappa shape index (κ2) is 6.38. The van der Waals surface area contributed by atoms with Crippen molar-refractivity contribution in [2.45, 2.75) is 12.0 Å². The van der Waals surface area contributed by atoms with Gasteiger partial charge < -0.3 is 30.3 Å². The molecule has 3 rings (SSSR count). The van der Waals surface area contributed by atoms with Crippen LogP contribution in [0.3, 0.4) is 0 Å². The van der Waals surface area contributed by atoms with Gasteiger partial charge in [0.2, 0.25) is 11.7 Å². The zero-order valence-corrected chi connectivity index (χ0v) is 14.1. The van der Waals surface area contributed by atoms with E-state index in [0.29, 0.717) is 5.56 Å². The van der Waals surface area contributed by atoms with Crippen molar-refractivity contribution in [1.82, 2.24) is 5.06 Å². The first-order valence-corrected chi connectivity index (χ1v) is 7.78. The summed E-state index contributed by atoms with van der Waals surface area (Å²) < 4.78 is 5.61. The van der Waals surface area contributed by atoms with Gasteiger partial charge in [0.15, 0.2) is 11.5 Å². The molecule has 1 aliphatic rings. The molecule has 1 atom stereocenters. The number of benzene rings is 2. The van der Waals surface area contributed by atoms with Crippen LogP contribution in [0.15, 0.2) is 36.4 Å². The summed E-state index contributed by atoms with van der Waals surface area (Å²) >= 11 is 0. The number of carbonyl (C=O) groups is 1. The van der Waals surface area contributed by atoms with Crippen LogP contribution in [-0.2, 0) is 10.4 Å². The van der Waals surface area contributed by atoms with Gasteiger partial charge in [-0.3, -0.25) is 10.0 Å². The number of phenols is 4. The zero-order chi connectivity index (χ0) is 19.9. The van der Waals surface area contributed by atoms with Crippen molar-refractivity contribution in [2.75, 3.05) is 7.05 Å². The van der Waals surface area contributed by atoms with Gasteiger partial charge >= 0.3 is 0 Å². The van der Waals surface area contributed by atoms with E-state index in [0.717, 1.165) is 19.2 Å². The van der Waals surface area contributed by atoms with Gasteiger partial charge in [-0.15, -0.1) is 0 Å². The van der Waals surface area contributed by atoms with Gasteiger partial charge in [-0.2, -0.15) is 0 Å². The van der Waals surface area contributed by atoms with Crippen LogP contribution in [0, 0.1) is 0 Å². The van der Waals surface area contributed by atoms with Gasteiger partial charge in [-0.25, -0.2) is 5.06 Å². The van der Waals surface area contributed by atoms with E-state index < -0.39 is 35.2 Å². The fourth-order valence-electron chi connectivity index (χ4n) is 2.81. The van der Waals surface area contributed by atoms with Gasteiger partial charge in [0.05, 0.1) is 12.0 Å². The highest BCUT2D eigenvalue weighted by Gasteiger charge is 2.42. The summed E-state index contributed by atoms with van der Waals surface area (Å²) in [7, 11) is 1.07. The summed E-state index contributed by atoms with van der Waals surface area (Å²) in [5.41, 5.74) is -2.08. The van der Waals surface area contributed by atoms with Gasteiger partial charge in [-0.1, -0.05) is 0 Å². The molecule has 9 heteroatoms. The Bertz CT molecular complexity index is 935. The lowest BCUT2D eigenvalue weighted by Gasteiger charge is -2.33. The number of phenolic OH excluding ortho intramolecular Hbond substituents is 4.